The van der Waals surface area contributed by atoms with Crippen molar-refractivity contribution in [1.82, 2.24) is 24.6 Å². The van der Waals surface area contributed by atoms with Crippen molar-refractivity contribution in [2.75, 3.05) is 19.7 Å². The van der Waals surface area contributed by atoms with Gasteiger partial charge in [-0.05, 0) is 19.0 Å². The van der Waals surface area contributed by atoms with Crippen molar-refractivity contribution in [3.63, 3.8) is 0 Å². The highest BCUT2D eigenvalue weighted by atomic mass is 16.3. The maximum Gasteiger partial charge on any atom is 0.122 e. The van der Waals surface area contributed by atoms with Gasteiger partial charge in [-0.1, -0.05) is 0 Å². The molecule has 0 saturated carbocycles. The van der Waals surface area contributed by atoms with Crippen LogP contribution >= 0.6 is 0 Å². The van der Waals surface area contributed by atoms with E-state index in [2.05, 4.69) is 30.7 Å². The number of aromatic amines is 1. The largest absolute Gasteiger partial charge is 0.396 e. The fourth-order valence-corrected chi connectivity index (χ4v) is 2.80. The van der Waals surface area contributed by atoms with E-state index in [1.54, 1.807) is 0 Å². The minimum absolute atomic E-state index is 0.164. The summed E-state index contributed by atoms with van der Waals surface area (Å²) in [7, 11) is 2.03. The zero-order chi connectivity index (χ0) is 13.9. The number of rotatable bonds is 5. The summed E-state index contributed by atoms with van der Waals surface area (Å²) in [5.74, 6) is 1.59. The molecule has 1 atom stereocenters. The Balaban J connectivity index is 1.60. The second-order valence-corrected chi connectivity index (χ2v) is 5.47. The number of aliphatic hydroxyl groups excluding tert-OH is 1. The molecule has 2 aromatic heterocycles. The lowest BCUT2D eigenvalue weighted by molar-refractivity contribution is 0.298. The minimum Gasteiger partial charge on any atom is -0.396 e. The third-order valence-corrected chi connectivity index (χ3v) is 4.01. The number of aliphatic hydroxyl groups is 1. The Morgan fingerprint density at radius 1 is 1.50 bits per heavy atom. The molecular formula is C14H21N5O. The van der Waals surface area contributed by atoms with Crippen LogP contribution in [-0.4, -0.2) is 49.5 Å². The van der Waals surface area contributed by atoms with E-state index < -0.39 is 0 Å². The van der Waals surface area contributed by atoms with Crippen LogP contribution in [0.5, 0.6) is 0 Å². The molecule has 3 rings (SSSR count). The zero-order valence-electron chi connectivity index (χ0n) is 11.8. The summed E-state index contributed by atoms with van der Waals surface area (Å²) in [6.45, 7) is 3.17. The Labute approximate surface area is 118 Å². The Morgan fingerprint density at radius 2 is 2.40 bits per heavy atom. The van der Waals surface area contributed by atoms with Gasteiger partial charge < -0.3 is 9.67 Å². The van der Waals surface area contributed by atoms with Crippen molar-refractivity contribution >= 4 is 0 Å². The van der Waals surface area contributed by atoms with Gasteiger partial charge in [0.2, 0.25) is 0 Å². The molecule has 20 heavy (non-hydrogen) atoms. The average molecular weight is 275 g/mol. The molecule has 0 spiro atoms. The fraction of sp³-hybridized carbons (Fsp3) is 0.571. The summed E-state index contributed by atoms with van der Waals surface area (Å²) in [4.78, 5) is 6.80. The van der Waals surface area contributed by atoms with E-state index in [1.165, 1.54) is 0 Å². The SMILES string of the molecule is Cn1ccnc1CN1CCC(c2cc(CCO)[nH]n2)C1. The molecule has 6 heteroatoms. The number of likely N-dealkylation sites (tertiary alicyclic amines) is 1. The molecule has 2 N–H and O–H groups in total. The average Bonchev–Trinajstić information content (AvgIpc) is 3.13. The molecule has 0 aliphatic carbocycles. The van der Waals surface area contributed by atoms with Crippen LogP contribution < -0.4 is 0 Å². The molecule has 1 saturated heterocycles. The molecule has 1 fully saturated rings. The highest BCUT2D eigenvalue weighted by Gasteiger charge is 2.26. The standard InChI is InChI=1S/C14H21N5O/c1-18-6-4-15-14(18)10-19-5-2-11(9-19)13-8-12(3-7-20)16-17-13/h4,6,8,11,20H,2-3,5,7,9-10H2,1H3,(H,16,17). The van der Waals surface area contributed by atoms with Crippen LogP contribution in [0.4, 0.5) is 0 Å². The highest BCUT2D eigenvalue weighted by molar-refractivity contribution is 5.15. The first-order chi connectivity index (χ1) is 9.76. The molecule has 3 heterocycles. The molecule has 6 nitrogen and oxygen atoms in total. The Bertz CT molecular complexity index is 561. The van der Waals surface area contributed by atoms with Gasteiger partial charge in [-0.3, -0.25) is 10.00 Å². The number of nitrogens with zero attached hydrogens (tertiary/aromatic N) is 4. The number of hydrogen-bond acceptors (Lipinski definition) is 4. The van der Waals surface area contributed by atoms with E-state index in [4.69, 9.17) is 5.11 Å². The van der Waals surface area contributed by atoms with Crippen LogP contribution in [0.2, 0.25) is 0 Å². The number of aryl methyl sites for hydroxylation is 1. The van der Waals surface area contributed by atoms with Gasteiger partial charge in [0.05, 0.1) is 12.2 Å². The third kappa shape index (κ3) is 2.76. The van der Waals surface area contributed by atoms with Crippen LogP contribution in [0.15, 0.2) is 18.5 Å². The molecule has 0 aromatic carbocycles. The lowest BCUT2D eigenvalue weighted by atomic mass is 10.0. The maximum absolute atomic E-state index is 8.94. The monoisotopic (exact) mass is 275 g/mol. The lowest BCUT2D eigenvalue weighted by Gasteiger charge is -2.14. The van der Waals surface area contributed by atoms with E-state index in [-0.39, 0.29) is 6.61 Å². The first-order valence-corrected chi connectivity index (χ1v) is 7.10. The predicted octanol–water partition coefficient (Wildman–Crippen LogP) is 0.667. The minimum atomic E-state index is 0.164. The Hall–Kier alpha value is -1.66. The summed E-state index contributed by atoms with van der Waals surface area (Å²) >= 11 is 0. The van der Waals surface area contributed by atoms with Crippen LogP contribution in [0.3, 0.4) is 0 Å². The van der Waals surface area contributed by atoms with Gasteiger partial charge in [0.25, 0.3) is 0 Å². The van der Waals surface area contributed by atoms with Crippen molar-refractivity contribution in [2.45, 2.75) is 25.3 Å². The summed E-state index contributed by atoms with van der Waals surface area (Å²) in [6.07, 6.45) is 5.61. The van der Waals surface area contributed by atoms with Gasteiger partial charge in [-0.2, -0.15) is 5.10 Å². The molecule has 108 valence electrons. The smallest absolute Gasteiger partial charge is 0.122 e. The van der Waals surface area contributed by atoms with Gasteiger partial charge in [-0.25, -0.2) is 4.98 Å². The van der Waals surface area contributed by atoms with Gasteiger partial charge in [-0.15, -0.1) is 0 Å². The van der Waals surface area contributed by atoms with Gasteiger partial charge in [0.15, 0.2) is 0 Å². The Morgan fingerprint density at radius 3 is 3.15 bits per heavy atom. The van der Waals surface area contributed by atoms with Crippen LogP contribution in [-0.2, 0) is 20.0 Å². The van der Waals surface area contributed by atoms with Crippen molar-refractivity contribution in [1.29, 1.82) is 0 Å². The second kappa shape index (κ2) is 5.76. The summed E-state index contributed by atoms with van der Waals surface area (Å²) in [5.41, 5.74) is 2.14. The van der Waals surface area contributed by atoms with Crippen molar-refractivity contribution in [3.8, 4) is 0 Å². The quantitative estimate of drug-likeness (QED) is 0.841. The summed E-state index contributed by atoms with van der Waals surface area (Å²) in [6, 6.07) is 2.09. The van der Waals surface area contributed by atoms with E-state index in [1.807, 2.05) is 19.4 Å². The first-order valence-electron chi connectivity index (χ1n) is 7.10. The fourth-order valence-electron chi connectivity index (χ4n) is 2.80. The molecule has 1 unspecified atom stereocenters. The topological polar surface area (TPSA) is 70.0 Å². The van der Waals surface area contributed by atoms with Crippen molar-refractivity contribution in [3.05, 3.63) is 35.7 Å². The molecule has 1 aliphatic heterocycles. The number of imidazole rings is 1. The Kier molecular flexibility index (Phi) is 3.84. The second-order valence-electron chi connectivity index (χ2n) is 5.47. The lowest BCUT2D eigenvalue weighted by Crippen LogP contribution is -2.21. The number of nitrogens with one attached hydrogen (secondary N) is 1. The number of aromatic nitrogens is 4. The van der Waals surface area contributed by atoms with Crippen LogP contribution in [0.25, 0.3) is 0 Å². The van der Waals surface area contributed by atoms with E-state index >= 15 is 0 Å². The van der Waals surface area contributed by atoms with E-state index in [0.717, 1.165) is 43.3 Å². The van der Waals surface area contributed by atoms with Crippen molar-refractivity contribution < 1.29 is 5.11 Å². The van der Waals surface area contributed by atoms with E-state index in [0.29, 0.717) is 12.3 Å². The highest BCUT2D eigenvalue weighted by Crippen LogP contribution is 2.27. The number of H-pyrrole nitrogens is 1. The first kappa shape index (κ1) is 13.3. The van der Waals surface area contributed by atoms with Gasteiger partial charge >= 0.3 is 0 Å². The van der Waals surface area contributed by atoms with Crippen molar-refractivity contribution in [2.24, 2.45) is 7.05 Å². The number of hydrogen-bond donors (Lipinski definition) is 2. The zero-order valence-corrected chi connectivity index (χ0v) is 11.8. The molecule has 0 bridgehead atoms. The van der Waals surface area contributed by atoms with Crippen LogP contribution in [0.1, 0.15) is 29.6 Å². The van der Waals surface area contributed by atoms with Gasteiger partial charge in [0.1, 0.15) is 5.82 Å². The van der Waals surface area contributed by atoms with Gasteiger partial charge in [0, 0.05) is 50.6 Å². The molecule has 2 aromatic rings. The predicted molar refractivity (Wildman–Crippen MR) is 75.2 cm³/mol. The third-order valence-electron chi connectivity index (χ3n) is 4.01. The maximum atomic E-state index is 8.94. The molecule has 0 amide bonds. The molecule has 1 aliphatic rings. The normalized spacial score (nSPS) is 19.8. The van der Waals surface area contributed by atoms with Crippen LogP contribution in [0, 0.1) is 0 Å². The molecular weight excluding hydrogens is 254 g/mol. The summed E-state index contributed by atoms with van der Waals surface area (Å²) < 4.78 is 2.07. The van der Waals surface area contributed by atoms with E-state index in [9.17, 15) is 0 Å². The molecule has 0 radical (unpaired) electrons. The summed E-state index contributed by atoms with van der Waals surface area (Å²) in [5, 5.41) is 16.3.